The molecule has 0 aliphatic rings. The molecule has 1 aromatic carbocycles. The van der Waals surface area contributed by atoms with Gasteiger partial charge in [-0.2, -0.15) is 0 Å². The summed E-state index contributed by atoms with van der Waals surface area (Å²) in [7, 11) is 0. The van der Waals surface area contributed by atoms with Crippen LogP contribution in [-0.2, 0) is 0 Å². The maximum atomic E-state index is 11.5. The fourth-order valence-corrected chi connectivity index (χ4v) is 2.12. The van der Waals surface area contributed by atoms with Gasteiger partial charge < -0.3 is 10.1 Å². The zero-order valence-electron chi connectivity index (χ0n) is 11.4. The Morgan fingerprint density at radius 2 is 1.71 bits per heavy atom. The summed E-state index contributed by atoms with van der Waals surface area (Å²) in [6.07, 6.45) is 3.07. The van der Waals surface area contributed by atoms with Gasteiger partial charge in [0.2, 0.25) is 0 Å². The Kier molecular flexibility index (Phi) is 3.23. The van der Waals surface area contributed by atoms with Crippen molar-refractivity contribution >= 4 is 0 Å². The summed E-state index contributed by atoms with van der Waals surface area (Å²) in [5, 5.41) is 9.46. The van der Waals surface area contributed by atoms with E-state index in [1.807, 2.05) is 24.3 Å². The highest BCUT2D eigenvalue weighted by atomic mass is 16.3. The van der Waals surface area contributed by atoms with Crippen LogP contribution in [0.4, 0.5) is 0 Å². The molecule has 0 aliphatic heterocycles. The van der Waals surface area contributed by atoms with Crippen LogP contribution in [-0.4, -0.2) is 20.1 Å². The molecule has 0 saturated carbocycles. The Bertz CT molecular complexity index is 839. The van der Waals surface area contributed by atoms with Crippen LogP contribution in [0.25, 0.3) is 22.5 Å². The zero-order chi connectivity index (χ0) is 14.8. The molecule has 3 rings (SSSR count). The van der Waals surface area contributed by atoms with E-state index in [1.165, 1.54) is 12.3 Å². The van der Waals surface area contributed by atoms with E-state index in [9.17, 15) is 9.90 Å². The molecule has 0 aliphatic carbocycles. The van der Waals surface area contributed by atoms with Crippen molar-refractivity contribution in [1.29, 1.82) is 0 Å². The third-order valence-electron chi connectivity index (χ3n) is 3.09. The van der Waals surface area contributed by atoms with E-state index in [2.05, 4.69) is 15.0 Å². The lowest BCUT2D eigenvalue weighted by Gasteiger charge is -2.05. The minimum absolute atomic E-state index is 0.126. The smallest absolute Gasteiger partial charge is 0.251 e. The SMILES string of the molecule is Cc1cc(=O)[nH]c(-c2ccc(-c3cncc(O)c3)cc2)n1. The van der Waals surface area contributed by atoms with Gasteiger partial charge in [-0.25, -0.2) is 4.98 Å². The van der Waals surface area contributed by atoms with Crippen LogP contribution < -0.4 is 5.56 Å². The molecule has 0 fully saturated rings. The first-order valence-electron chi connectivity index (χ1n) is 6.44. The summed E-state index contributed by atoms with van der Waals surface area (Å²) < 4.78 is 0. The number of aromatic amines is 1. The number of H-pyrrole nitrogens is 1. The summed E-state index contributed by atoms with van der Waals surface area (Å²) in [6, 6.07) is 10.6. The van der Waals surface area contributed by atoms with Crippen LogP contribution >= 0.6 is 0 Å². The van der Waals surface area contributed by atoms with Crippen molar-refractivity contribution < 1.29 is 5.11 Å². The van der Waals surface area contributed by atoms with Gasteiger partial charge in [-0.3, -0.25) is 9.78 Å². The van der Waals surface area contributed by atoms with Gasteiger partial charge in [0.15, 0.2) is 0 Å². The molecule has 0 atom stereocenters. The number of rotatable bonds is 2. The molecule has 5 nitrogen and oxygen atoms in total. The molecule has 5 heteroatoms. The summed E-state index contributed by atoms with van der Waals surface area (Å²) in [6.45, 7) is 1.78. The Labute approximate surface area is 121 Å². The largest absolute Gasteiger partial charge is 0.506 e. The Balaban J connectivity index is 1.99. The average Bonchev–Trinajstić information content (AvgIpc) is 2.46. The number of aromatic nitrogens is 3. The second kappa shape index (κ2) is 5.20. The van der Waals surface area contributed by atoms with E-state index in [4.69, 9.17) is 0 Å². The topological polar surface area (TPSA) is 78.9 Å². The fraction of sp³-hybridized carbons (Fsp3) is 0.0625. The fourth-order valence-electron chi connectivity index (χ4n) is 2.12. The second-order valence-corrected chi connectivity index (χ2v) is 4.74. The molecule has 0 radical (unpaired) electrons. The quantitative estimate of drug-likeness (QED) is 0.755. The Morgan fingerprint density at radius 3 is 2.38 bits per heavy atom. The molecule has 2 N–H and O–H groups in total. The predicted molar refractivity (Wildman–Crippen MR) is 79.9 cm³/mol. The first-order chi connectivity index (χ1) is 10.1. The molecular formula is C16H13N3O2. The lowest BCUT2D eigenvalue weighted by molar-refractivity contribution is 0.473. The normalized spacial score (nSPS) is 10.5. The van der Waals surface area contributed by atoms with E-state index in [0.717, 1.165) is 16.7 Å². The molecule has 0 saturated heterocycles. The van der Waals surface area contributed by atoms with Crippen molar-refractivity contribution in [3.05, 3.63) is 64.8 Å². The van der Waals surface area contributed by atoms with Crippen LogP contribution in [0.5, 0.6) is 5.75 Å². The average molecular weight is 279 g/mol. The standard InChI is InChI=1S/C16H13N3O2/c1-10-6-15(21)19-16(18-10)12-4-2-11(3-5-12)13-7-14(20)9-17-8-13/h2-9,20H,1H3,(H,18,19,21). The van der Waals surface area contributed by atoms with Gasteiger partial charge in [0.1, 0.15) is 11.6 Å². The highest BCUT2D eigenvalue weighted by Crippen LogP contribution is 2.24. The molecule has 2 heterocycles. The van der Waals surface area contributed by atoms with Gasteiger partial charge in [-0.05, 0) is 18.6 Å². The van der Waals surface area contributed by atoms with Gasteiger partial charge in [0, 0.05) is 29.1 Å². The van der Waals surface area contributed by atoms with Crippen LogP contribution in [0.1, 0.15) is 5.69 Å². The Morgan fingerprint density at radius 1 is 1.00 bits per heavy atom. The van der Waals surface area contributed by atoms with Crippen molar-refractivity contribution in [2.45, 2.75) is 6.92 Å². The van der Waals surface area contributed by atoms with Gasteiger partial charge in [0.25, 0.3) is 5.56 Å². The maximum absolute atomic E-state index is 11.5. The molecule has 0 amide bonds. The van der Waals surface area contributed by atoms with Crippen LogP contribution in [0.3, 0.4) is 0 Å². The number of aryl methyl sites for hydroxylation is 1. The van der Waals surface area contributed by atoms with Crippen LogP contribution in [0, 0.1) is 6.92 Å². The lowest BCUT2D eigenvalue weighted by atomic mass is 10.1. The van der Waals surface area contributed by atoms with Crippen molar-refractivity contribution in [1.82, 2.24) is 15.0 Å². The first kappa shape index (κ1) is 13.1. The van der Waals surface area contributed by atoms with E-state index < -0.39 is 0 Å². The maximum Gasteiger partial charge on any atom is 0.251 e. The number of aromatic hydroxyl groups is 1. The first-order valence-corrected chi connectivity index (χ1v) is 6.44. The van der Waals surface area contributed by atoms with Crippen molar-refractivity contribution in [2.75, 3.05) is 0 Å². The van der Waals surface area contributed by atoms with Gasteiger partial charge in [-0.15, -0.1) is 0 Å². The van der Waals surface area contributed by atoms with Gasteiger partial charge >= 0.3 is 0 Å². The highest BCUT2D eigenvalue weighted by Gasteiger charge is 2.04. The molecular weight excluding hydrogens is 266 g/mol. The van der Waals surface area contributed by atoms with E-state index in [1.54, 1.807) is 19.2 Å². The molecule has 3 aromatic rings. The summed E-state index contributed by atoms with van der Waals surface area (Å²) in [5.41, 5.74) is 3.09. The molecule has 0 bridgehead atoms. The second-order valence-electron chi connectivity index (χ2n) is 4.74. The third kappa shape index (κ3) is 2.81. The molecule has 2 aromatic heterocycles. The number of pyridine rings is 1. The molecule has 104 valence electrons. The van der Waals surface area contributed by atoms with E-state index >= 15 is 0 Å². The monoisotopic (exact) mass is 279 g/mol. The third-order valence-corrected chi connectivity index (χ3v) is 3.09. The zero-order valence-corrected chi connectivity index (χ0v) is 11.4. The van der Waals surface area contributed by atoms with Gasteiger partial charge in [0.05, 0.1) is 6.20 Å². The summed E-state index contributed by atoms with van der Waals surface area (Å²) >= 11 is 0. The number of hydrogen-bond donors (Lipinski definition) is 2. The number of nitrogens with one attached hydrogen (secondary N) is 1. The number of benzene rings is 1. The minimum Gasteiger partial charge on any atom is -0.506 e. The van der Waals surface area contributed by atoms with Gasteiger partial charge in [-0.1, -0.05) is 24.3 Å². The van der Waals surface area contributed by atoms with Crippen molar-refractivity contribution in [3.8, 4) is 28.3 Å². The van der Waals surface area contributed by atoms with Crippen LogP contribution in [0.2, 0.25) is 0 Å². The molecule has 21 heavy (non-hydrogen) atoms. The molecule has 0 spiro atoms. The van der Waals surface area contributed by atoms with E-state index in [-0.39, 0.29) is 11.3 Å². The Hall–Kier alpha value is -2.95. The summed E-state index contributed by atoms with van der Waals surface area (Å²) in [4.78, 5) is 22.5. The van der Waals surface area contributed by atoms with E-state index in [0.29, 0.717) is 11.5 Å². The van der Waals surface area contributed by atoms with Crippen molar-refractivity contribution in [2.24, 2.45) is 0 Å². The highest BCUT2D eigenvalue weighted by molar-refractivity contribution is 5.67. The number of nitrogens with zero attached hydrogens (tertiary/aromatic N) is 2. The number of hydrogen-bond acceptors (Lipinski definition) is 4. The predicted octanol–water partition coefficient (Wildman–Crippen LogP) is 2.51. The van der Waals surface area contributed by atoms with Crippen LogP contribution in [0.15, 0.2) is 53.6 Å². The molecule has 0 unspecified atom stereocenters. The lowest BCUT2D eigenvalue weighted by Crippen LogP contribution is -2.08. The minimum atomic E-state index is -0.168. The van der Waals surface area contributed by atoms with Crippen molar-refractivity contribution in [3.63, 3.8) is 0 Å². The summed E-state index contributed by atoms with van der Waals surface area (Å²) in [5.74, 6) is 0.668.